The van der Waals surface area contributed by atoms with Gasteiger partial charge in [0.05, 0.1) is 6.04 Å². The second-order valence-electron chi connectivity index (χ2n) is 3.78. The SMILES string of the molecule is C=CC(=O)N1CCC(N(C)C)C1CF. The molecule has 0 aromatic rings. The first-order valence-corrected chi connectivity index (χ1v) is 4.77. The second kappa shape index (κ2) is 4.55. The Balaban J connectivity index is 2.73. The average Bonchev–Trinajstić information content (AvgIpc) is 2.59. The van der Waals surface area contributed by atoms with E-state index in [2.05, 4.69) is 6.58 Å². The first-order valence-electron chi connectivity index (χ1n) is 4.77. The van der Waals surface area contributed by atoms with Crippen molar-refractivity contribution in [2.45, 2.75) is 18.5 Å². The Kier molecular flexibility index (Phi) is 3.63. The van der Waals surface area contributed by atoms with E-state index < -0.39 is 6.67 Å². The first kappa shape index (κ1) is 11.2. The smallest absolute Gasteiger partial charge is 0.246 e. The number of hydrogen-bond donors (Lipinski definition) is 0. The van der Waals surface area contributed by atoms with Crippen molar-refractivity contribution >= 4 is 5.91 Å². The molecule has 1 saturated heterocycles. The molecule has 3 nitrogen and oxygen atoms in total. The number of likely N-dealkylation sites (N-methyl/N-ethyl adjacent to an activating group) is 1. The molecule has 0 spiro atoms. The van der Waals surface area contributed by atoms with E-state index in [0.717, 1.165) is 6.42 Å². The Labute approximate surface area is 84.2 Å². The van der Waals surface area contributed by atoms with Gasteiger partial charge in [0.2, 0.25) is 5.91 Å². The van der Waals surface area contributed by atoms with E-state index in [1.54, 1.807) is 4.90 Å². The number of amides is 1. The van der Waals surface area contributed by atoms with Gasteiger partial charge < -0.3 is 9.80 Å². The average molecular weight is 200 g/mol. The fourth-order valence-corrected chi connectivity index (χ4v) is 2.02. The molecule has 1 heterocycles. The van der Waals surface area contributed by atoms with E-state index in [-0.39, 0.29) is 18.0 Å². The maximum absolute atomic E-state index is 12.8. The van der Waals surface area contributed by atoms with Gasteiger partial charge in [-0.25, -0.2) is 4.39 Å². The lowest BCUT2D eigenvalue weighted by molar-refractivity contribution is -0.127. The lowest BCUT2D eigenvalue weighted by Gasteiger charge is -2.28. The maximum atomic E-state index is 12.8. The third-order valence-electron chi connectivity index (χ3n) is 2.79. The summed E-state index contributed by atoms with van der Waals surface area (Å²) in [4.78, 5) is 14.9. The summed E-state index contributed by atoms with van der Waals surface area (Å²) in [5.41, 5.74) is 0. The van der Waals surface area contributed by atoms with Crippen molar-refractivity contribution in [1.29, 1.82) is 0 Å². The second-order valence-corrected chi connectivity index (χ2v) is 3.78. The summed E-state index contributed by atoms with van der Waals surface area (Å²) in [6.07, 6.45) is 2.09. The molecule has 1 rings (SSSR count). The molecule has 0 bridgehead atoms. The lowest BCUT2D eigenvalue weighted by atomic mass is 10.1. The third-order valence-corrected chi connectivity index (χ3v) is 2.79. The van der Waals surface area contributed by atoms with Crippen LogP contribution < -0.4 is 0 Å². The van der Waals surface area contributed by atoms with E-state index in [0.29, 0.717) is 6.54 Å². The molecule has 4 heteroatoms. The summed E-state index contributed by atoms with van der Waals surface area (Å²) < 4.78 is 12.8. The number of halogens is 1. The quantitative estimate of drug-likeness (QED) is 0.625. The molecule has 80 valence electrons. The van der Waals surface area contributed by atoms with Crippen molar-refractivity contribution < 1.29 is 9.18 Å². The minimum atomic E-state index is -0.484. The first-order chi connectivity index (χ1) is 6.61. The highest BCUT2D eigenvalue weighted by atomic mass is 19.1. The van der Waals surface area contributed by atoms with Crippen molar-refractivity contribution in [2.75, 3.05) is 27.3 Å². The van der Waals surface area contributed by atoms with Crippen molar-refractivity contribution in [1.82, 2.24) is 9.80 Å². The summed E-state index contributed by atoms with van der Waals surface area (Å²) in [6, 6.07) is -0.181. The number of likely N-dealkylation sites (tertiary alicyclic amines) is 1. The standard InChI is InChI=1S/C10H17FN2O/c1-4-10(14)13-6-5-8(12(2)3)9(13)7-11/h4,8-9H,1,5-7H2,2-3H3. The molecule has 0 aromatic heterocycles. The number of hydrogen-bond acceptors (Lipinski definition) is 2. The van der Waals surface area contributed by atoms with Crippen molar-refractivity contribution in [3.63, 3.8) is 0 Å². The van der Waals surface area contributed by atoms with Crippen LogP contribution in [0, 0.1) is 0 Å². The molecule has 2 atom stereocenters. The van der Waals surface area contributed by atoms with Crippen LogP contribution in [0.25, 0.3) is 0 Å². The molecule has 0 radical (unpaired) electrons. The van der Waals surface area contributed by atoms with Crippen LogP contribution in [0.2, 0.25) is 0 Å². The summed E-state index contributed by atoms with van der Waals surface area (Å²) in [6.45, 7) is 3.56. The molecule has 0 aromatic carbocycles. The zero-order valence-electron chi connectivity index (χ0n) is 8.74. The minimum absolute atomic E-state index is 0.129. The number of alkyl halides is 1. The van der Waals surface area contributed by atoms with E-state index in [1.165, 1.54) is 6.08 Å². The highest BCUT2D eigenvalue weighted by molar-refractivity contribution is 5.87. The molecule has 0 saturated carbocycles. The van der Waals surface area contributed by atoms with Crippen LogP contribution in [0.3, 0.4) is 0 Å². The monoisotopic (exact) mass is 200 g/mol. The Bertz CT molecular complexity index is 230. The molecule has 0 aliphatic carbocycles. The molecule has 1 aliphatic rings. The highest BCUT2D eigenvalue weighted by Gasteiger charge is 2.37. The van der Waals surface area contributed by atoms with E-state index >= 15 is 0 Å². The molecule has 1 aliphatic heterocycles. The number of carbonyl (C=O) groups excluding carboxylic acids is 1. The predicted octanol–water partition coefficient (Wildman–Crippen LogP) is 0.673. The van der Waals surface area contributed by atoms with Gasteiger partial charge >= 0.3 is 0 Å². The minimum Gasteiger partial charge on any atom is -0.332 e. The molecular formula is C10H17FN2O. The van der Waals surface area contributed by atoms with Gasteiger partial charge in [0.15, 0.2) is 0 Å². The van der Waals surface area contributed by atoms with Crippen LogP contribution >= 0.6 is 0 Å². The topological polar surface area (TPSA) is 23.6 Å². The fourth-order valence-electron chi connectivity index (χ4n) is 2.02. The molecular weight excluding hydrogens is 183 g/mol. The number of rotatable bonds is 3. The summed E-state index contributed by atoms with van der Waals surface area (Å²) in [5, 5.41) is 0. The summed E-state index contributed by atoms with van der Waals surface area (Å²) in [7, 11) is 3.82. The van der Waals surface area contributed by atoms with Crippen molar-refractivity contribution in [3.05, 3.63) is 12.7 Å². The number of nitrogens with zero attached hydrogens (tertiary/aromatic N) is 2. The van der Waals surface area contributed by atoms with Crippen molar-refractivity contribution in [2.24, 2.45) is 0 Å². The van der Waals surface area contributed by atoms with Crippen molar-refractivity contribution in [3.8, 4) is 0 Å². The van der Waals surface area contributed by atoms with E-state index in [1.807, 2.05) is 19.0 Å². The van der Waals surface area contributed by atoms with Crippen LogP contribution in [0.4, 0.5) is 4.39 Å². The summed E-state index contributed by atoms with van der Waals surface area (Å²) >= 11 is 0. The lowest BCUT2D eigenvalue weighted by Crippen LogP contribution is -2.45. The van der Waals surface area contributed by atoms with E-state index in [9.17, 15) is 9.18 Å². The van der Waals surface area contributed by atoms with Gasteiger partial charge in [0, 0.05) is 12.6 Å². The zero-order chi connectivity index (χ0) is 10.7. The van der Waals surface area contributed by atoms with Gasteiger partial charge in [-0.2, -0.15) is 0 Å². The Morgan fingerprint density at radius 3 is 2.79 bits per heavy atom. The Morgan fingerprint density at radius 2 is 2.36 bits per heavy atom. The van der Waals surface area contributed by atoms with Crippen LogP contribution in [0.5, 0.6) is 0 Å². The Morgan fingerprint density at radius 1 is 1.71 bits per heavy atom. The van der Waals surface area contributed by atoms with Crippen LogP contribution in [-0.2, 0) is 4.79 Å². The van der Waals surface area contributed by atoms with Crippen LogP contribution in [0.1, 0.15) is 6.42 Å². The molecule has 1 amide bonds. The van der Waals surface area contributed by atoms with Gasteiger partial charge in [-0.1, -0.05) is 6.58 Å². The molecule has 14 heavy (non-hydrogen) atoms. The Hall–Kier alpha value is -0.900. The van der Waals surface area contributed by atoms with Gasteiger partial charge in [0.1, 0.15) is 6.67 Å². The van der Waals surface area contributed by atoms with E-state index in [4.69, 9.17) is 0 Å². The zero-order valence-corrected chi connectivity index (χ0v) is 8.74. The fraction of sp³-hybridized carbons (Fsp3) is 0.700. The predicted molar refractivity (Wildman–Crippen MR) is 53.8 cm³/mol. The largest absolute Gasteiger partial charge is 0.332 e. The van der Waals surface area contributed by atoms with Crippen LogP contribution in [-0.4, -0.2) is 55.1 Å². The molecule has 1 fully saturated rings. The summed E-state index contributed by atoms with van der Waals surface area (Å²) in [5.74, 6) is -0.169. The molecule has 0 N–H and O–H groups in total. The molecule has 2 unspecified atom stereocenters. The normalized spacial score (nSPS) is 27.0. The van der Waals surface area contributed by atoms with Crippen LogP contribution in [0.15, 0.2) is 12.7 Å². The third kappa shape index (κ3) is 1.95. The van der Waals surface area contributed by atoms with Gasteiger partial charge in [-0.15, -0.1) is 0 Å². The highest BCUT2D eigenvalue weighted by Crippen LogP contribution is 2.22. The van der Waals surface area contributed by atoms with Gasteiger partial charge in [-0.3, -0.25) is 4.79 Å². The van der Waals surface area contributed by atoms with Gasteiger partial charge in [0.25, 0.3) is 0 Å². The maximum Gasteiger partial charge on any atom is 0.246 e. The van der Waals surface area contributed by atoms with Gasteiger partial charge in [-0.05, 0) is 26.6 Å². The number of carbonyl (C=O) groups is 1.